The largest absolute Gasteiger partial charge is 0.357 e. The van der Waals surface area contributed by atoms with Crippen molar-refractivity contribution in [1.29, 1.82) is 0 Å². The molecule has 0 saturated heterocycles. The zero-order valence-corrected chi connectivity index (χ0v) is 12.9. The standard InChI is InChI=1S/C16H19N3O4/c1-17-15(22)14(3-2-6-20)19-9-12-7-11(8-18-10-21)4-5-13(12)16(19)23/h4-7,10,14H,2-3,8-9H2,1H3,(H,17,22)(H,18,21). The first-order valence-electron chi connectivity index (χ1n) is 7.37. The number of nitrogens with one attached hydrogen (secondary N) is 2. The predicted molar refractivity (Wildman–Crippen MR) is 82.4 cm³/mol. The number of amides is 3. The molecule has 0 bridgehead atoms. The Morgan fingerprint density at radius 1 is 1.39 bits per heavy atom. The summed E-state index contributed by atoms with van der Waals surface area (Å²) in [4.78, 5) is 47.0. The average Bonchev–Trinajstić information content (AvgIpc) is 2.89. The first-order valence-corrected chi connectivity index (χ1v) is 7.37. The molecule has 0 aliphatic carbocycles. The molecule has 0 aromatic heterocycles. The molecule has 122 valence electrons. The molecule has 1 heterocycles. The number of benzene rings is 1. The van der Waals surface area contributed by atoms with Crippen LogP contribution in [0.3, 0.4) is 0 Å². The average molecular weight is 317 g/mol. The molecule has 7 heteroatoms. The van der Waals surface area contributed by atoms with Gasteiger partial charge in [0.15, 0.2) is 0 Å². The molecule has 0 saturated carbocycles. The molecule has 1 aliphatic rings. The molecular formula is C16H19N3O4. The Balaban J connectivity index is 2.21. The lowest BCUT2D eigenvalue weighted by atomic mass is 10.1. The lowest BCUT2D eigenvalue weighted by Gasteiger charge is -2.25. The number of hydrogen-bond acceptors (Lipinski definition) is 4. The van der Waals surface area contributed by atoms with Crippen molar-refractivity contribution in [3.63, 3.8) is 0 Å². The first-order chi connectivity index (χ1) is 11.1. The van der Waals surface area contributed by atoms with Crippen LogP contribution < -0.4 is 10.6 Å². The summed E-state index contributed by atoms with van der Waals surface area (Å²) < 4.78 is 0. The van der Waals surface area contributed by atoms with E-state index in [-0.39, 0.29) is 18.2 Å². The third-order valence-corrected chi connectivity index (χ3v) is 3.87. The molecule has 0 spiro atoms. The molecule has 0 radical (unpaired) electrons. The lowest BCUT2D eigenvalue weighted by molar-refractivity contribution is -0.125. The van der Waals surface area contributed by atoms with Crippen molar-refractivity contribution in [2.45, 2.75) is 32.0 Å². The maximum absolute atomic E-state index is 12.5. The van der Waals surface area contributed by atoms with Crippen LogP contribution in [-0.4, -0.2) is 42.5 Å². The molecule has 23 heavy (non-hydrogen) atoms. The Hall–Kier alpha value is -2.70. The van der Waals surface area contributed by atoms with Crippen LogP contribution in [0, 0.1) is 0 Å². The van der Waals surface area contributed by atoms with E-state index in [2.05, 4.69) is 10.6 Å². The third kappa shape index (κ3) is 3.56. The van der Waals surface area contributed by atoms with E-state index >= 15 is 0 Å². The fraction of sp³-hybridized carbons (Fsp3) is 0.375. The molecule has 3 amide bonds. The van der Waals surface area contributed by atoms with Gasteiger partial charge in [-0.3, -0.25) is 14.4 Å². The van der Waals surface area contributed by atoms with Gasteiger partial charge in [-0.25, -0.2) is 0 Å². The van der Waals surface area contributed by atoms with Crippen LogP contribution in [0.1, 0.15) is 34.3 Å². The number of rotatable bonds is 8. The van der Waals surface area contributed by atoms with E-state index in [0.29, 0.717) is 31.5 Å². The lowest BCUT2D eigenvalue weighted by Crippen LogP contribution is -2.46. The van der Waals surface area contributed by atoms with Crippen molar-refractivity contribution < 1.29 is 19.2 Å². The van der Waals surface area contributed by atoms with E-state index in [9.17, 15) is 19.2 Å². The van der Waals surface area contributed by atoms with Crippen LogP contribution in [0.15, 0.2) is 18.2 Å². The van der Waals surface area contributed by atoms with Crippen molar-refractivity contribution in [2.24, 2.45) is 0 Å². The van der Waals surface area contributed by atoms with Crippen molar-refractivity contribution in [3.05, 3.63) is 34.9 Å². The number of likely N-dealkylation sites (N-methyl/N-ethyl adjacent to an activating group) is 1. The van der Waals surface area contributed by atoms with Gasteiger partial charge < -0.3 is 20.3 Å². The van der Waals surface area contributed by atoms with Gasteiger partial charge in [0.25, 0.3) is 5.91 Å². The van der Waals surface area contributed by atoms with Gasteiger partial charge in [0.2, 0.25) is 12.3 Å². The molecule has 2 N–H and O–H groups in total. The number of carbonyl (C=O) groups is 4. The molecule has 7 nitrogen and oxygen atoms in total. The summed E-state index contributed by atoms with van der Waals surface area (Å²) in [6.45, 7) is 0.703. The summed E-state index contributed by atoms with van der Waals surface area (Å²) in [6.07, 6.45) is 1.87. The zero-order chi connectivity index (χ0) is 16.8. The second-order valence-electron chi connectivity index (χ2n) is 5.30. The smallest absolute Gasteiger partial charge is 0.255 e. The van der Waals surface area contributed by atoms with E-state index in [4.69, 9.17) is 0 Å². The Morgan fingerprint density at radius 2 is 2.17 bits per heavy atom. The van der Waals surface area contributed by atoms with E-state index in [1.807, 2.05) is 6.07 Å². The molecular weight excluding hydrogens is 298 g/mol. The van der Waals surface area contributed by atoms with Crippen molar-refractivity contribution in [2.75, 3.05) is 7.05 Å². The molecule has 0 fully saturated rings. The Morgan fingerprint density at radius 3 is 2.83 bits per heavy atom. The minimum Gasteiger partial charge on any atom is -0.357 e. The number of hydrogen-bond donors (Lipinski definition) is 2. The van der Waals surface area contributed by atoms with Crippen LogP contribution >= 0.6 is 0 Å². The first kappa shape index (κ1) is 16.7. The highest BCUT2D eigenvalue weighted by Gasteiger charge is 2.35. The van der Waals surface area contributed by atoms with E-state index in [1.165, 1.54) is 11.9 Å². The zero-order valence-electron chi connectivity index (χ0n) is 12.9. The summed E-state index contributed by atoms with van der Waals surface area (Å²) in [5, 5.41) is 5.11. The fourth-order valence-electron chi connectivity index (χ4n) is 2.74. The highest BCUT2D eigenvalue weighted by atomic mass is 16.2. The van der Waals surface area contributed by atoms with Crippen LogP contribution in [0.5, 0.6) is 0 Å². The second-order valence-corrected chi connectivity index (χ2v) is 5.30. The van der Waals surface area contributed by atoms with Gasteiger partial charge in [-0.15, -0.1) is 0 Å². The Kier molecular flexibility index (Phi) is 5.46. The van der Waals surface area contributed by atoms with Crippen LogP contribution in [0.4, 0.5) is 0 Å². The summed E-state index contributed by atoms with van der Waals surface area (Å²) in [5.41, 5.74) is 2.26. The van der Waals surface area contributed by atoms with Crippen LogP contribution in [0.2, 0.25) is 0 Å². The number of nitrogens with zero attached hydrogens (tertiary/aromatic N) is 1. The SMILES string of the molecule is CNC(=O)C(CCC=O)N1Cc2cc(CNC=O)ccc2C1=O. The highest BCUT2D eigenvalue weighted by Crippen LogP contribution is 2.27. The van der Waals surface area contributed by atoms with E-state index < -0.39 is 6.04 Å². The van der Waals surface area contributed by atoms with Gasteiger partial charge in [0.05, 0.1) is 0 Å². The van der Waals surface area contributed by atoms with Gasteiger partial charge >= 0.3 is 0 Å². The molecule has 1 aromatic carbocycles. The Labute approximate surface area is 134 Å². The molecule has 1 aliphatic heterocycles. The van der Waals surface area contributed by atoms with Gasteiger partial charge in [0.1, 0.15) is 12.3 Å². The van der Waals surface area contributed by atoms with Gasteiger partial charge in [-0.1, -0.05) is 12.1 Å². The number of carbonyl (C=O) groups excluding carboxylic acids is 4. The second kappa shape index (κ2) is 7.53. The predicted octanol–water partition coefficient (Wildman–Crippen LogP) is -0.0179. The molecule has 1 unspecified atom stereocenters. The fourth-order valence-corrected chi connectivity index (χ4v) is 2.74. The van der Waals surface area contributed by atoms with Crippen LogP contribution in [0.25, 0.3) is 0 Å². The number of aldehydes is 1. The van der Waals surface area contributed by atoms with Gasteiger partial charge in [-0.2, -0.15) is 0 Å². The van der Waals surface area contributed by atoms with Gasteiger partial charge in [0, 0.05) is 32.1 Å². The van der Waals surface area contributed by atoms with Gasteiger partial charge in [-0.05, 0) is 23.6 Å². The summed E-state index contributed by atoms with van der Waals surface area (Å²) >= 11 is 0. The van der Waals surface area contributed by atoms with Crippen molar-refractivity contribution in [3.8, 4) is 0 Å². The monoisotopic (exact) mass is 317 g/mol. The minimum absolute atomic E-state index is 0.214. The highest BCUT2D eigenvalue weighted by molar-refractivity contribution is 6.01. The normalized spacial score (nSPS) is 14.1. The number of fused-ring (bicyclic) bond motifs is 1. The quantitative estimate of drug-likeness (QED) is 0.659. The summed E-state index contributed by atoms with van der Waals surface area (Å²) in [5.74, 6) is -0.495. The minimum atomic E-state index is -0.665. The third-order valence-electron chi connectivity index (χ3n) is 3.87. The van der Waals surface area contributed by atoms with E-state index in [1.54, 1.807) is 12.1 Å². The molecule has 2 rings (SSSR count). The maximum atomic E-state index is 12.5. The maximum Gasteiger partial charge on any atom is 0.255 e. The Bertz CT molecular complexity index is 630. The molecule has 1 aromatic rings. The summed E-state index contributed by atoms with van der Waals surface area (Å²) in [7, 11) is 1.51. The van der Waals surface area contributed by atoms with Crippen LogP contribution in [-0.2, 0) is 27.5 Å². The van der Waals surface area contributed by atoms with Crippen molar-refractivity contribution >= 4 is 24.5 Å². The van der Waals surface area contributed by atoms with Crippen molar-refractivity contribution in [1.82, 2.24) is 15.5 Å². The topological polar surface area (TPSA) is 95.6 Å². The molecule has 1 atom stereocenters. The van der Waals surface area contributed by atoms with E-state index in [0.717, 1.165) is 17.4 Å². The summed E-state index contributed by atoms with van der Waals surface area (Å²) in [6, 6.07) is 4.67.